The van der Waals surface area contributed by atoms with Crippen molar-refractivity contribution in [2.75, 3.05) is 9.80 Å². The van der Waals surface area contributed by atoms with Gasteiger partial charge in [-0.3, -0.25) is 0 Å². The van der Waals surface area contributed by atoms with Crippen molar-refractivity contribution >= 4 is 57.2 Å². The minimum absolute atomic E-state index is 0.258. The predicted octanol–water partition coefficient (Wildman–Crippen LogP) is 20.3. The van der Waals surface area contributed by atoms with Gasteiger partial charge in [0.25, 0.3) is 6.71 Å². The van der Waals surface area contributed by atoms with E-state index in [0.29, 0.717) is 11.8 Å². The number of nitrogens with zero attached hydrogens (tertiary/aromatic N) is 2. The summed E-state index contributed by atoms with van der Waals surface area (Å²) < 4.78 is 14.6. The second kappa shape index (κ2) is 21.4. The fourth-order valence-electron chi connectivity index (χ4n) is 15.7. The van der Waals surface area contributed by atoms with Gasteiger partial charge in [-0.05, 0) is 198 Å². The smallest absolute Gasteiger partial charge is 0.260 e. The van der Waals surface area contributed by atoms with Gasteiger partial charge in [0.05, 0.1) is 10.8 Å². The molecule has 0 fully saturated rings. The Morgan fingerprint density at radius 2 is 0.582 bits per heavy atom. The number of hydrogen-bond donors (Lipinski definition) is 0. The normalized spacial score (nSPS) is 13.8. The third-order valence-electron chi connectivity index (χ3n) is 19.9. The summed E-state index contributed by atoms with van der Waals surface area (Å²) in [6.07, 6.45) is 0. The van der Waals surface area contributed by atoms with Crippen LogP contribution in [0.1, 0.15) is 95.2 Å². The van der Waals surface area contributed by atoms with Crippen LogP contribution in [-0.2, 0) is 10.8 Å². The van der Waals surface area contributed by atoms with Crippen LogP contribution in [0.25, 0.3) is 22.3 Å². The Kier molecular flexibility index (Phi) is 12.8. The Labute approximate surface area is 534 Å². The molecule has 4 aliphatic rings. The molecule has 13 aromatic carbocycles. The van der Waals surface area contributed by atoms with Crippen LogP contribution >= 0.6 is 0 Å². The molecule has 91 heavy (non-hydrogen) atoms. The molecule has 2 aliphatic heterocycles. The first-order valence-electron chi connectivity index (χ1n) is 32.0. The quantitative estimate of drug-likeness (QED) is 0.114. The van der Waals surface area contributed by atoms with Crippen LogP contribution in [-0.4, -0.2) is 6.71 Å². The number of anilines is 6. The molecule has 0 amide bonds. The van der Waals surface area contributed by atoms with E-state index in [1.807, 2.05) is 0 Å². The fourth-order valence-corrected chi connectivity index (χ4v) is 15.7. The highest BCUT2D eigenvalue weighted by atomic mass is 16.5. The third kappa shape index (κ3) is 8.37. The average molecular weight is 1170 g/mol. The van der Waals surface area contributed by atoms with Crippen molar-refractivity contribution in [2.45, 2.75) is 50.4 Å². The summed E-state index contributed by atoms with van der Waals surface area (Å²) in [5.41, 5.74) is 25.2. The van der Waals surface area contributed by atoms with Gasteiger partial charge >= 0.3 is 0 Å². The van der Waals surface area contributed by atoms with Crippen LogP contribution in [0.15, 0.2) is 309 Å². The molecule has 0 aromatic heterocycles. The molecule has 0 radical (unpaired) electrons. The predicted molar refractivity (Wildman–Crippen MR) is 376 cm³/mol. The molecular weight excluding hydrogens is 1100 g/mol. The maximum absolute atomic E-state index is 7.32. The molecule has 4 nitrogen and oxygen atoms in total. The lowest BCUT2D eigenvalue weighted by molar-refractivity contribution is 0.464. The van der Waals surface area contributed by atoms with Gasteiger partial charge in [0.2, 0.25) is 0 Å². The van der Waals surface area contributed by atoms with E-state index in [4.69, 9.17) is 9.47 Å². The van der Waals surface area contributed by atoms with Crippen LogP contribution in [0.5, 0.6) is 23.0 Å². The lowest BCUT2D eigenvalue weighted by Crippen LogP contribution is -2.58. The average Bonchev–Trinajstić information content (AvgIpc) is 1.59. The standard InChI is InChI=1S/C86H65BN2O2/c1-56(2)58-38-42-66(43-39-58)88(64-32-19-9-20-33-64)68-46-48-70-72-52-82-78(54-76(72)85(74(70)50-68,60-24-11-5-12-25-60)61-26-13-6-14-27-61)87-79-55-77-73(53-83(79)91-81-37-23-36-80(90-82)84(81)87)71-49-47-69(89(65-34-21-10-22-35-65)67-44-40-59(41-45-67)57(3)4)51-75(71)86(77,62-28-15-7-16-29-62)63-30-17-8-18-31-63/h5-57H,1-4H3. The van der Waals surface area contributed by atoms with Crippen LogP contribution in [0.3, 0.4) is 0 Å². The summed E-state index contributed by atoms with van der Waals surface area (Å²) in [6, 6.07) is 115. The SMILES string of the molecule is CC(C)c1ccc(N(c2ccccc2)c2ccc3c(c2)C(c2ccccc2)(c2ccccc2)c2cc4c(cc2-3)Oc2cccc3c2B4c2cc4c(cc2O3)-c2ccc(N(c3ccccc3)c3ccc(C(C)C)cc3)cc2C4(c2ccccc2)c2ccccc2)cc1. The van der Waals surface area contributed by atoms with Gasteiger partial charge in [0.1, 0.15) is 23.0 Å². The number of rotatable bonds is 12. The molecule has 434 valence electrons. The topological polar surface area (TPSA) is 24.9 Å². The molecule has 0 bridgehead atoms. The molecule has 0 unspecified atom stereocenters. The second-order valence-corrected chi connectivity index (χ2v) is 25.4. The van der Waals surface area contributed by atoms with Crippen molar-refractivity contribution < 1.29 is 9.47 Å². The molecule has 0 saturated carbocycles. The molecule has 17 rings (SSSR count). The summed E-state index contributed by atoms with van der Waals surface area (Å²) >= 11 is 0. The summed E-state index contributed by atoms with van der Waals surface area (Å²) in [5, 5.41) is 0. The third-order valence-corrected chi connectivity index (χ3v) is 19.9. The zero-order valence-corrected chi connectivity index (χ0v) is 51.4. The van der Waals surface area contributed by atoms with Gasteiger partial charge in [-0.1, -0.05) is 240 Å². The van der Waals surface area contributed by atoms with Crippen molar-refractivity contribution in [3.63, 3.8) is 0 Å². The minimum Gasteiger partial charge on any atom is -0.458 e. The Morgan fingerprint density at radius 3 is 0.923 bits per heavy atom. The Morgan fingerprint density at radius 1 is 0.275 bits per heavy atom. The summed E-state index contributed by atoms with van der Waals surface area (Å²) in [7, 11) is 0. The van der Waals surface area contributed by atoms with E-state index in [9.17, 15) is 0 Å². The highest BCUT2D eigenvalue weighted by Gasteiger charge is 2.52. The number of fused-ring (bicyclic) bond motifs is 10. The lowest BCUT2D eigenvalue weighted by atomic mass is 9.34. The van der Waals surface area contributed by atoms with Crippen LogP contribution in [0.2, 0.25) is 0 Å². The van der Waals surface area contributed by atoms with Crippen molar-refractivity contribution in [3.05, 3.63) is 365 Å². The van der Waals surface area contributed by atoms with E-state index < -0.39 is 10.8 Å². The summed E-state index contributed by atoms with van der Waals surface area (Å²) in [5.74, 6) is 4.14. The zero-order valence-electron chi connectivity index (χ0n) is 51.4. The molecule has 0 atom stereocenters. The van der Waals surface area contributed by atoms with Crippen molar-refractivity contribution in [2.24, 2.45) is 0 Å². The highest BCUT2D eigenvalue weighted by molar-refractivity contribution is 6.98. The van der Waals surface area contributed by atoms with E-state index in [-0.39, 0.29) is 6.71 Å². The van der Waals surface area contributed by atoms with Gasteiger partial charge in [-0.15, -0.1) is 0 Å². The number of hydrogen-bond acceptors (Lipinski definition) is 4. The largest absolute Gasteiger partial charge is 0.458 e. The first kappa shape index (κ1) is 54.3. The summed E-state index contributed by atoms with van der Waals surface area (Å²) in [6.45, 7) is 8.77. The van der Waals surface area contributed by atoms with Gasteiger partial charge in [-0.2, -0.15) is 0 Å². The van der Waals surface area contributed by atoms with Crippen molar-refractivity contribution in [1.29, 1.82) is 0 Å². The van der Waals surface area contributed by atoms with E-state index in [1.54, 1.807) is 0 Å². The molecule has 0 N–H and O–H groups in total. The van der Waals surface area contributed by atoms with Crippen LogP contribution in [0, 0.1) is 0 Å². The van der Waals surface area contributed by atoms with Gasteiger partial charge in [-0.25, -0.2) is 0 Å². The molecule has 2 aliphatic carbocycles. The first-order valence-corrected chi connectivity index (χ1v) is 32.0. The molecule has 0 saturated heterocycles. The maximum Gasteiger partial charge on any atom is 0.260 e. The Bertz CT molecular complexity index is 4530. The van der Waals surface area contributed by atoms with Crippen molar-refractivity contribution in [1.82, 2.24) is 0 Å². The molecule has 0 spiro atoms. The molecule has 13 aromatic rings. The monoisotopic (exact) mass is 1170 g/mol. The second-order valence-electron chi connectivity index (χ2n) is 25.4. The van der Waals surface area contributed by atoms with E-state index in [1.165, 1.54) is 66.8 Å². The van der Waals surface area contributed by atoms with E-state index in [0.717, 1.165) is 84.6 Å². The van der Waals surface area contributed by atoms with Gasteiger partial charge < -0.3 is 19.3 Å². The van der Waals surface area contributed by atoms with E-state index in [2.05, 4.69) is 347 Å². The van der Waals surface area contributed by atoms with Crippen LogP contribution in [0.4, 0.5) is 34.1 Å². The number of benzene rings is 13. The fraction of sp³-hybridized carbons (Fsp3) is 0.0930. The van der Waals surface area contributed by atoms with E-state index >= 15 is 0 Å². The van der Waals surface area contributed by atoms with Gasteiger partial charge in [0.15, 0.2) is 0 Å². The highest BCUT2D eigenvalue weighted by Crippen LogP contribution is 2.61. The molecular formula is C86H65BN2O2. The van der Waals surface area contributed by atoms with Crippen LogP contribution < -0.4 is 35.7 Å². The lowest BCUT2D eigenvalue weighted by Gasteiger charge is -2.38. The number of para-hydroxylation sites is 2. The minimum atomic E-state index is -0.743. The Hall–Kier alpha value is -10.9. The Balaban J connectivity index is 0.899. The summed E-state index contributed by atoms with van der Waals surface area (Å²) in [4.78, 5) is 4.82. The maximum atomic E-state index is 7.32. The molecule has 5 heteroatoms. The van der Waals surface area contributed by atoms with Crippen molar-refractivity contribution in [3.8, 4) is 45.3 Å². The molecule has 2 heterocycles. The van der Waals surface area contributed by atoms with Gasteiger partial charge in [0, 0.05) is 39.6 Å². The first-order chi connectivity index (χ1) is 44.8. The number of ether oxygens (including phenoxy) is 2. The zero-order chi connectivity index (χ0) is 61.0.